The maximum absolute atomic E-state index is 5.57. The van der Waals surface area contributed by atoms with Gasteiger partial charge in [-0.25, -0.2) is 0 Å². The monoisotopic (exact) mass is 213 g/mol. The lowest BCUT2D eigenvalue weighted by molar-refractivity contribution is 0.142. The first-order valence-electron chi connectivity index (χ1n) is 6.61. The summed E-state index contributed by atoms with van der Waals surface area (Å²) in [5.74, 6) is 0. The van der Waals surface area contributed by atoms with Gasteiger partial charge in [0.05, 0.1) is 6.61 Å². The molecule has 0 saturated carbocycles. The molecule has 1 heterocycles. The first-order chi connectivity index (χ1) is 7.33. The minimum Gasteiger partial charge on any atom is -0.381 e. The predicted molar refractivity (Wildman–Crippen MR) is 65.2 cm³/mol. The molecule has 0 amide bonds. The van der Waals surface area contributed by atoms with Gasteiger partial charge in [0.1, 0.15) is 0 Å². The van der Waals surface area contributed by atoms with Crippen molar-refractivity contribution in [2.75, 3.05) is 26.3 Å². The van der Waals surface area contributed by atoms with Crippen LogP contribution in [0.4, 0.5) is 0 Å². The van der Waals surface area contributed by atoms with Gasteiger partial charge in [0.25, 0.3) is 0 Å². The fourth-order valence-corrected chi connectivity index (χ4v) is 2.39. The Morgan fingerprint density at radius 3 is 2.67 bits per heavy atom. The lowest BCUT2D eigenvalue weighted by Gasteiger charge is -2.27. The Morgan fingerprint density at radius 1 is 1.20 bits per heavy atom. The van der Waals surface area contributed by atoms with Gasteiger partial charge in [-0.05, 0) is 19.4 Å². The summed E-state index contributed by atoms with van der Waals surface area (Å²) in [6.07, 6.45) is 8.09. The molecule has 15 heavy (non-hydrogen) atoms. The van der Waals surface area contributed by atoms with Crippen LogP contribution in [0.3, 0.4) is 0 Å². The SMILES string of the molecule is CCCCCCC1(CNCC)CCOC1. The highest BCUT2D eigenvalue weighted by atomic mass is 16.5. The molecule has 1 N–H and O–H groups in total. The Kier molecular flexibility index (Phi) is 6.26. The Labute approximate surface area is 94.8 Å². The molecule has 0 radical (unpaired) electrons. The zero-order valence-electron chi connectivity index (χ0n) is 10.5. The summed E-state index contributed by atoms with van der Waals surface area (Å²) in [5, 5.41) is 3.49. The zero-order chi connectivity index (χ0) is 11.0. The van der Waals surface area contributed by atoms with Crippen molar-refractivity contribution in [3.8, 4) is 0 Å². The van der Waals surface area contributed by atoms with E-state index in [4.69, 9.17) is 4.74 Å². The average molecular weight is 213 g/mol. The molecule has 0 spiro atoms. The zero-order valence-corrected chi connectivity index (χ0v) is 10.5. The van der Waals surface area contributed by atoms with Gasteiger partial charge in [-0.15, -0.1) is 0 Å². The molecular weight excluding hydrogens is 186 g/mol. The second kappa shape index (κ2) is 7.24. The molecule has 0 aromatic carbocycles. The number of hydrogen-bond acceptors (Lipinski definition) is 2. The molecule has 1 rings (SSSR count). The van der Waals surface area contributed by atoms with E-state index in [2.05, 4.69) is 19.2 Å². The molecule has 1 aliphatic rings. The quantitative estimate of drug-likeness (QED) is 0.626. The van der Waals surface area contributed by atoms with Crippen LogP contribution in [0.1, 0.15) is 52.4 Å². The third-order valence-corrected chi connectivity index (χ3v) is 3.50. The molecule has 1 fully saturated rings. The van der Waals surface area contributed by atoms with Crippen molar-refractivity contribution < 1.29 is 4.74 Å². The van der Waals surface area contributed by atoms with Crippen LogP contribution in [-0.2, 0) is 4.74 Å². The van der Waals surface area contributed by atoms with E-state index in [1.165, 1.54) is 38.5 Å². The van der Waals surface area contributed by atoms with Crippen LogP contribution in [-0.4, -0.2) is 26.3 Å². The van der Waals surface area contributed by atoms with E-state index in [-0.39, 0.29) is 0 Å². The molecule has 1 unspecified atom stereocenters. The first-order valence-corrected chi connectivity index (χ1v) is 6.61. The van der Waals surface area contributed by atoms with Gasteiger partial charge in [-0.3, -0.25) is 0 Å². The molecule has 1 aliphatic heterocycles. The number of rotatable bonds is 8. The van der Waals surface area contributed by atoms with Gasteiger partial charge < -0.3 is 10.1 Å². The van der Waals surface area contributed by atoms with Gasteiger partial charge in [0, 0.05) is 18.6 Å². The van der Waals surface area contributed by atoms with Gasteiger partial charge in [-0.2, -0.15) is 0 Å². The summed E-state index contributed by atoms with van der Waals surface area (Å²) < 4.78 is 5.57. The van der Waals surface area contributed by atoms with Crippen LogP contribution < -0.4 is 5.32 Å². The van der Waals surface area contributed by atoms with Crippen molar-refractivity contribution >= 4 is 0 Å². The van der Waals surface area contributed by atoms with E-state index in [0.717, 1.165) is 26.3 Å². The van der Waals surface area contributed by atoms with E-state index < -0.39 is 0 Å². The Bertz CT molecular complexity index is 153. The van der Waals surface area contributed by atoms with Crippen molar-refractivity contribution in [1.29, 1.82) is 0 Å². The number of nitrogens with one attached hydrogen (secondary N) is 1. The summed E-state index contributed by atoms with van der Waals surface area (Å²) in [7, 11) is 0. The fourth-order valence-electron chi connectivity index (χ4n) is 2.39. The van der Waals surface area contributed by atoms with E-state index in [1.54, 1.807) is 0 Å². The van der Waals surface area contributed by atoms with Crippen LogP contribution in [0.2, 0.25) is 0 Å². The number of hydrogen-bond donors (Lipinski definition) is 1. The number of ether oxygens (including phenoxy) is 1. The smallest absolute Gasteiger partial charge is 0.0535 e. The third kappa shape index (κ3) is 4.52. The minimum atomic E-state index is 0.462. The van der Waals surface area contributed by atoms with Crippen molar-refractivity contribution in [2.45, 2.75) is 52.4 Å². The maximum atomic E-state index is 5.57. The van der Waals surface area contributed by atoms with Crippen molar-refractivity contribution in [3.63, 3.8) is 0 Å². The summed E-state index contributed by atoms with van der Waals surface area (Å²) in [5.41, 5.74) is 0.462. The third-order valence-electron chi connectivity index (χ3n) is 3.50. The Balaban J connectivity index is 2.23. The molecule has 2 nitrogen and oxygen atoms in total. The molecule has 1 atom stereocenters. The van der Waals surface area contributed by atoms with Crippen LogP contribution >= 0.6 is 0 Å². The molecule has 0 aromatic heterocycles. The van der Waals surface area contributed by atoms with Crippen LogP contribution in [0.5, 0.6) is 0 Å². The van der Waals surface area contributed by atoms with Crippen molar-refractivity contribution in [1.82, 2.24) is 5.32 Å². The minimum absolute atomic E-state index is 0.462. The number of unbranched alkanes of at least 4 members (excludes halogenated alkanes) is 3. The van der Waals surface area contributed by atoms with E-state index >= 15 is 0 Å². The molecule has 0 aliphatic carbocycles. The molecule has 0 bridgehead atoms. The second-order valence-corrected chi connectivity index (χ2v) is 4.89. The highest BCUT2D eigenvalue weighted by molar-refractivity contribution is 4.85. The van der Waals surface area contributed by atoms with E-state index in [9.17, 15) is 0 Å². The van der Waals surface area contributed by atoms with Crippen molar-refractivity contribution in [3.05, 3.63) is 0 Å². The molecule has 1 saturated heterocycles. The lowest BCUT2D eigenvalue weighted by atomic mass is 9.81. The van der Waals surface area contributed by atoms with Crippen molar-refractivity contribution in [2.24, 2.45) is 5.41 Å². The molecule has 0 aromatic rings. The Hall–Kier alpha value is -0.0800. The first kappa shape index (κ1) is 13.0. The van der Waals surface area contributed by atoms with E-state index in [1.807, 2.05) is 0 Å². The van der Waals surface area contributed by atoms with Gasteiger partial charge in [-0.1, -0.05) is 39.5 Å². The van der Waals surface area contributed by atoms with Crippen LogP contribution in [0.15, 0.2) is 0 Å². The molecule has 2 heteroatoms. The van der Waals surface area contributed by atoms with Gasteiger partial charge in [0.2, 0.25) is 0 Å². The summed E-state index contributed by atoms with van der Waals surface area (Å²) in [6.45, 7) is 8.63. The highest BCUT2D eigenvalue weighted by Gasteiger charge is 2.33. The lowest BCUT2D eigenvalue weighted by Crippen LogP contribution is -2.34. The largest absolute Gasteiger partial charge is 0.381 e. The Morgan fingerprint density at radius 2 is 2.07 bits per heavy atom. The normalized spacial score (nSPS) is 26.0. The molecule has 90 valence electrons. The summed E-state index contributed by atoms with van der Waals surface area (Å²) in [6, 6.07) is 0. The maximum Gasteiger partial charge on any atom is 0.0535 e. The average Bonchev–Trinajstić information content (AvgIpc) is 2.71. The molecular formula is C13H27NO. The topological polar surface area (TPSA) is 21.3 Å². The predicted octanol–water partition coefficient (Wildman–Crippen LogP) is 2.97. The fraction of sp³-hybridized carbons (Fsp3) is 1.00. The summed E-state index contributed by atoms with van der Waals surface area (Å²) in [4.78, 5) is 0. The van der Waals surface area contributed by atoms with Gasteiger partial charge in [0.15, 0.2) is 0 Å². The van der Waals surface area contributed by atoms with E-state index in [0.29, 0.717) is 5.41 Å². The second-order valence-electron chi connectivity index (χ2n) is 4.89. The highest BCUT2D eigenvalue weighted by Crippen LogP contribution is 2.33. The van der Waals surface area contributed by atoms with Crippen LogP contribution in [0, 0.1) is 5.41 Å². The van der Waals surface area contributed by atoms with Crippen LogP contribution in [0.25, 0.3) is 0 Å². The standard InChI is InChI=1S/C13H27NO/c1-3-5-6-7-8-13(11-14-4-2)9-10-15-12-13/h14H,3-12H2,1-2H3. The summed E-state index contributed by atoms with van der Waals surface area (Å²) >= 11 is 0. The van der Waals surface area contributed by atoms with Gasteiger partial charge >= 0.3 is 0 Å².